The summed E-state index contributed by atoms with van der Waals surface area (Å²) in [7, 11) is 0. The van der Waals surface area contributed by atoms with E-state index in [1.165, 1.54) is 5.56 Å². The van der Waals surface area contributed by atoms with Crippen LogP contribution in [0.15, 0.2) is 60.2 Å². The fourth-order valence-electron chi connectivity index (χ4n) is 3.41. The molecule has 1 aromatic carbocycles. The Balaban J connectivity index is 1.38. The number of aliphatic hydroxyl groups excluding tert-OH is 1. The van der Waals surface area contributed by atoms with Gasteiger partial charge in [0.15, 0.2) is 0 Å². The summed E-state index contributed by atoms with van der Waals surface area (Å²) in [4.78, 5) is 11.1. The zero-order chi connectivity index (χ0) is 17.1. The second kappa shape index (κ2) is 7.44. The van der Waals surface area contributed by atoms with E-state index in [0.717, 1.165) is 42.3 Å². The molecule has 1 N–H and O–H groups in total. The average molecular weight is 351 g/mol. The molecule has 0 aliphatic carbocycles. The number of hydrogen-bond acceptors (Lipinski definition) is 5. The molecule has 2 aromatic heterocycles. The van der Waals surface area contributed by atoms with Gasteiger partial charge < -0.3 is 5.11 Å². The summed E-state index contributed by atoms with van der Waals surface area (Å²) < 4.78 is 0. The molecule has 4 rings (SSSR count). The minimum atomic E-state index is -0.276. The van der Waals surface area contributed by atoms with Crippen molar-refractivity contribution in [1.82, 2.24) is 14.9 Å². The predicted octanol–water partition coefficient (Wildman–Crippen LogP) is 3.24. The van der Waals surface area contributed by atoms with E-state index in [1.807, 2.05) is 42.7 Å². The number of benzene rings is 1. The lowest BCUT2D eigenvalue weighted by atomic mass is 9.97. The van der Waals surface area contributed by atoms with Crippen molar-refractivity contribution >= 4 is 11.3 Å². The van der Waals surface area contributed by atoms with Gasteiger partial charge in [-0.2, -0.15) is 0 Å². The molecular weight excluding hydrogens is 330 g/mol. The van der Waals surface area contributed by atoms with Crippen LogP contribution in [0.1, 0.15) is 10.6 Å². The molecule has 2 atom stereocenters. The van der Waals surface area contributed by atoms with E-state index in [2.05, 4.69) is 27.4 Å². The van der Waals surface area contributed by atoms with Gasteiger partial charge in [-0.25, -0.2) is 4.98 Å². The van der Waals surface area contributed by atoms with Crippen LogP contribution in [-0.4, -0.2) is 39.2 Å². The fourth-order valence-corrected chi connectivity index (χ4v) is 4.25. The highest BCUT2D eigenvalue weighted by Gasteiger charge is 2.31. The molecule has 0 unspecified atom stereocenters. The number of nitrogens with zero attached hydrogens (tertiary/aromatic N) is 3. The third-order valence-electron chi connectivity index (χ3n) is 4.71. The summed E-state index contributed by atoms with van der Waals surface area (Å²) in [6.07, 6.45) is 4.25. The number of β-amino-alcohol motifs (C(OH)–C–C–N with tert-alkyl or cyclic N) is 1. The highest BCUT2D eigenvalue weighted by molar-refractivity contribution is 7.09. The van der Waals surface area contributed by atoms with Crippen LogP contribution in [0.2, 0.25) is 0 Å². The molecule has 3 heterocycles. The van der Waals surface area contributed by atoms with Gasteiger partial charge in [0, 0.05) is 42.3 Å². The minimum absolute atomic E-state index is 0.274. The van der Waals surface area contributed by atoms with E-state index in [9.17, 15) is 5.11 Å². The molecule has 1 saturated heterocycles. The van der Waals surface area contributed by atoms with Gasteiger partial charge in [0.2, 0.25) is 0 Å². The topological polar surface area (TPSA) is 49.2 Å². The average Bonchev–Trinajstić information content (AvgIpc) is 3.24. The zero-order valence-corrected chi connectivity index (χ0v) is 14.8. The molecule has 0 amide bonds. The maximum Gasteiger partial charge on any atom is 0.107 e. The van der Waals surface area contributed by atoms with Gasteiger partial charge >= 0.3 is 0 Å². The van der Waals surface area contributed by atoms with Crippen molar-refractivity contribution in [3.63, 3.8) is 0 Å². The fraction of sp³-hybridized carbons (Fsp3) is 0.300. The van der Waals surface area contributed by atoms with E-state index in [-0.39, 0.29) is 12.0 Å². The largest absolute Gasteiger partial charge is 0.391 e. The van der Waals surface area contributed by atoms with Gasteiger partial charge in [-0.05, 0) is 24.1 Å². The molecule has 1 aliphatic heterocycles. The first kappa shape index (κ1) is 16.4. The van der Waals surface area contributed by atoms with E-state index in [0.29, 0.717) is 0 Å². The lowest BCUT2D eigenvalue weighted by Crippen LogP contribution is -2.21. The normalized spacial score (nSPS) is 20.8. The quantitative estimate of drug-likeness (QED) is 0.767. The lowest BCUT2D eigenvalue weighted by Gasteiger charge is -2.14. The van der Waals surface area contributed by atoms with Crippen molar-refractivity contribution in [1.29, 1.82) is 0 Å². The van der Waals surface area contributed by atoms with Gasteiger partial charge in [0.05, 0.1) is 18.3 Å². The van der Waals surface area contributed by atoms with Crippen LogP contribution in [0.25, 0.3) is 11.3 Å². The summed E-state index contributed by atoms with van der Waals surface area (Å²) >= 11 is 1.69. The molecular formula is C20H21N3OS. The summed E-state index contributed by atoms with van der Waals surface area (Å²) in [6, 6.07) is 14.3. The van der Waals surface area contributed by atoms with Gasteiger partial charge in [-0.1, -0.05) is 30.3 Å². The molecule has 1 fully saturated rings. The number of hydrogen-bond donors (Lipinski definition) is 1. The molecule has 0 radical (unpaired) electrons. The third kappa shape index (κ3) is 3.95. The van der Waals surface area contributed by atoms with Crippen LogP contribution in [0, 0.1) is 5.92 Å². The van der Waals surface area contributed by atoms with E-state index >= 15 is 0 Å². The standard InChI is InChI=1S/C20H21N3OS/c24-19-12-23(11-17(19)10-15-6-8-21-9-7-15)13-20-22-18(14-25-20)16-4-2-1-3-5-16/h1-9,14,17,19,24H,10-13H2/t17-,19-/m1/s1. The van der Waals surface area contributed by atoms with Crippen LogP contribution in [-0.2, 0) is 13.0 Å². The Hall–Kier alpha value is -2.08. The monoisotopic (exact) mass is 351 g/mol. The second-order valence-corrected chi connectivity index (χ2v) is 7.52. The van der Waals surface area contributed by atoms with Crippen molar-refractivity contribution in [3.8, 4) is 11.3 Å². The van der Waals surface area contributed by atoms with E-state index in [1.54, 1.807) is 11.3 Å². The van der Waals surface area contributed by atoms with Crippen LogP contribution < -0.4 is 0 Å². The maximum absolute atomic E-state index is 10.4. The Kier molecular flexibility index (Phi) is 4.88. The van der Waals surface area contributed by atoms with Gasteiger partial charge in [-0.3, -0.25) is 9.88 Å². The number of pyridine rings is 1. The first-order chi connectivity index (χ1) is 12.3. The summed E-state index contributed by atoms with van der Waals surface area (Å²) in [5.74, 6) is 0.274. The minimum Gasteiger partial charge on any atom is -0.391 e. The summed E-state index contributed by atoms with van der Waals surface area (Å²) in [5.41, 5.74) is 3.43. The van der Waals surface area contributed by atoms with Crippen molar-refractivity contribution in [2.45, 2.75) is 19.1 Å². The molecule has 0 bridgehead atoms. The van der Waals surface area contributed by atoms with Gasteiger partial charge in [0.25, 0.3) is 0 Å². The highest BCUT2D eigenvalue weighted by atomic mass is 32.1. The number of rotatable bonds is 5. The Bertz CT molecular complexity index is 806. The Morgan fingerprint density at radius 2 is 1.88 bits per heavy atom. The third-order valence-corrected chi connectivity index (χ3v) is 5.54. The Morgan fingerprint density at radius 3 is 2.68 bits per heavy atom. The predicted molar refractivity (Wildman–Crippen MR) is 100 cm³/mol. The number of aromatic nitrogens is 2. The molecule has 0 spiro atoms. The summed E-state index contributed by atoms with van der Waals surface area (Å²) in [5, 5.41) is 13.6. The second-order valence-electron chi connectivity index (χ2n) is 6.57. The molecule has 5 heteroatoms. The van der Waals surface area contributed by atoms with E-state index in [4.69, 9.17) is 4.98 Å². The van der Waals surface area contributed by atoms with Crippen molar-refractivity contribution < 1.29 is 5.11 Å². The first-order valence-corrected chi connectivity index (χ1v) is 9.45. The zero-order valence-electron chi connectivity index (χ0n) is 14.0. The number of aliphatic hydroxyl groups is 1. The van der Waals surface area contributed by atoms with Crippen LogP contribution in [0.4, 0.5) is 0 Å². The van der Waals surface area contributed by atoms with Crippen molar-refractivity contribution in [2.75, 3.05) is 13.1 Å². The summed E-state index contributed by atoms with van der Waals surface area (Å²) in [6.45, 7) is 2.43. The highest BCUT2D eigenvalue weighted by Crippen LogP contribution is 2.26. The number of thiazole rings is 1. The molecule has 0 saturated carbocycles. The lowest BCUT2D eigenvalue weighted by molar-refractivity contribution is 0.141. The molecule has 3 aromatic rings. The number of likely N-dealkylation sites (tertiary alicyclic amines) is 1. The molecule has 25 heavy (non-hydrogen) atoms. The SMILES string of the molecule is O[C@@H]1CN(Cc2nc(-c3ccccc3)cs2)C[C@H]1Cc1ccncc1. The van der Waals surface area contributed by atoms with Crippen LogP contribution in [0.3, 0.4) is 0 Å². The van der Waals surface area contributed by atoms with Crippen molar-refractivity contribution in [3.05, 3.63) is 70.8 Å². The molecule has 4 nitrogen and oxygen atoms in total. The van der Waals surface area contributed by atoms with E-state index < -0.39 is 0 Å². The Labute approximate surface area is 151 Å². The van der Waals surface area contributed by atoms with Crippen LogP contribution >= 0.6 is 11.3 Å². The molecule has 128 valence electrons. The van der Waals surface area contributed by atoms with Crippen molar-refractivity contribution in [2.24, 2.45) is 5.92 Å². The Morgan fingerprint density at radius 1 is 1.08 bits per heavy atom. The van der Waals surface area contributed by atoms with Gasteiger partial charge in [-0.15, -0.1) is 11.3 Å². The first-order valence-electron chi connectivity index (χ1n) is 8.57. The van der Waals surface area contributed by atoms with Crippen LogP contribution in [0.5, 0.6) is 0 Å². The maximum atomic E-state index is 10.4. The smallest absolute Gasteiger partial charge is 0.107 e. The molecule has 1 aliphatic rings. The van der Waals surface area contributed by atoms with Gasteiger partial charge in [0.1, 0.15) is 5.01 Å².